The van der Waals surface area contributed by atoms with Crippen LogP contribution in [-0.2, 0) is 4.74 Å². The highest BCUT2D eigenvalue weighted by atomic mass is 79.9. The Bertz CT molecular complexity index is 251. The van der Waals surface area contributed by atoms with E-state index in [9.17, 15) is 0 Å². The van der Waals surface area contributed by atoms with Gasteiger partial charge in [-0.05, 0) is 31.9 Å². The Kier molecular flexibility index (Phi) is 1.98. The fraction of sp³-hybridized carbons (Fsp3) is 0.600. The van der Waals surface area contributed by atoms with Gasteiger partial charge in [-0.2, -0.15) is 4.80 Å². The maximum absolute atomic E-state index is 5.01. The van der Waals surface area contributed by atoms with Crippen molar-refractivity contribution < 1.29 is 4.74 Å². The zero-order valence-electron chi connectivity index (χ0n) is 5.50. The first-order valence-electron chi connectivity index (χ1n) is 3.13. The first kappa shape index (κ1) is 7.70. The molecule has 0 aliphatic carbocycles. The van der Waals surface area contributed by atoms with Gasteiger partial charge in [-0.15, -0.1) is 10.2 Å². The van der Waals surface area contributed by atoms with Crippen molar-refractivity contribution in [3.63, 3.8) is 0 Å². The molecule has 2 heterocycles. The fourth-order valence-corrected chi connectivity index (χ4v) is 1.29. The standard InChI is InChI=1S/C5H5Br2N3O/c6-4-5(7)9-10(8-4)3-1-11-2-3/h3H,1-2H2. The Morgan fingerprint density at radius 1 is 1.27 bits per heavy atom. The Morgan fingerprint density at radius 3 is 2.18 bits per heavy atom. The molecule has 1 aromatic heterocycles. The summed E-state index contributed by atoms with van der Waals surface area (Å²) in [7, 11) is 0. The minimum absolute atomic E-state index is 0.317. The Hall–Kier alpha value is 0.0600. The molecule has 2 rings (SSSR count). The van der Waals surface area contributed by atoms with Gasteiger partial charge in [-0.3, -0.25) is 0 Å². The lowest BCUT2D eigenvalue weighted by Gasteiger charge is -2.24. The highest BCUT2D eigenvalue weighted by Gasteiger charge is 2.23. The van der Waals surface area contributed by atoms with Crippen molar-refractivity contribution in [1.82, 2.24) is 15.0 Å². The van der Waals surface area contributed by atoms with E-state index in [0.29, 0.717) is 19.3 Å². The molecule has 0 saturated carbocycles. The highest BCUT2D eigenvalue weighted by molar-refractivity contribution is 9.13. The third-order valence-corrected chi connectivity index (χ3v) is 3.10. The molecule has 1 aromatic rings. The average Bonchev–Trinajstić information content (AvgIpc) is 2.08. The monoisotopic (exact) mass is 281 g/mol. The normalized spacial score (nSPS) is 18.4. The van der Waals surface area contributed by atoms with E-state index >= 15 is 0 Å². The molecule has 0 amide bonds. The average molecular weight is 283 g/mol. The lowest BCUT2D eigenvalue weighted by atomic mass is 10.3. The van der Waals surface area contributed by atoms with E-state index in [1.54, 1.807) is 4.80 Å². The summed E-state index contributed by atoms with van der Waals surface area (Å²) >= 11 is 6.51. The van der Waals surface area contributed by atoms with Gasteiger partial charge in [0.25, 0.3) is 0 Å². The van der Waals surface area contributed by atoms with Crippen LogP contribution in [0.4, 0.5) is 0 Å². The van der Waals surface area contributed by atoms with E-state index in [1.165, 1.54) is 0 Å². The largest absolute Gasteiger partial charge is 0.377 e. The molecular weight excluding hydrogens is 278 g/mol. The maximum atomic E-state index is 5.01. The predicted molar refractivity (Wildman–Crippen MR) is 45.3 cm³/mol. The van der Waals surface area contributed by atoms with Crippen LogP contribution in [0, 0.1) is 0 Å². The zero-order valence-corrected chi connectivity index (χ0v) is 8.67. The molecule has 1 saturated heterocycles. The van der Waals surface area contributed by atoms with E-state index in [1.807, 2.05) is 0 Å². The summed E-state index contributed by atoms with van der Waals surface area (Å²) in [5, 5.41) is 8.26. The fourth-order valence-electron chi connectivity index (χ4n) is 0.805. The van der Waals surface area contributed by atoms with E-state index in [0.717, 1.165) is 9.21 Å². The van der Waals surface area contributed by atoms with Crippen molar-refractivity contribution >= 4 is 31.9 Å². The third-order valence-electron chi connectivity index (χ3n) is 1.50. The minimum atomic E-state index is 0.317. The molecule has 1 fully saturated rings. The highest BCUT2D eigenvalue weighted by Crippen LogP contribution is 2.21. The molecule has 0 aromatic carbocycles. The molecule has 0 N–H and O–H groups in total. The molecule has 60 valence electrons. The molecule has 0 spiro atoms. The Balaban J connectivity index is 2.24. The predicted octanol–water partition coefficient (Wildman–Crippen LogP) is 1.37. The second-order valence-electron chi connectivity index (χ2n) is 2.29. The van der Waals surface area contributed by atoms with Gasteiger partial charge >= 0.3 is 0 Å². The summed E-state index contributed by atoms with van der Waals surface area (Å²) in [6, 6.07) is 0.317. The van der Waals surface area contributed by atoms with Gasteiger partial charge in [0.05, 0.1) is 13.2 Å². The van der Waals surface area contributed by atoms with Crippen LogP contribution >= 0.6 is 31.9 Å². The molecular formula is C5H5Br2N3O. The number of ether oxygens (including phenoxy) is 1. The molecule has 0 bridgehead atoms. The van der Waals surface area contributed by atoms with E-state index in [-0.39, 0.29) is 0 Å². The van der Waals surface area contributed by atoms with E-state index in [2.05, 4.69) is 42.1 Å². The molecule has 0 radical (unpaired) electrons. The van der Waals surface area contributed by atoms with Crippen molar-refractivity contribution in [3.05, 3.63) is 9.21 Å². The van der Waals surface area contributed by atoms with Gasteiger partial charge in [0, 0.05) is 0 Å². The first-order valence-corrected chi connectivity index (χ1v) is 4.71. The lowest BCUT2D eigenvalue weighted by molar-refractivity contribution is -0.0350. The SMILES string of the molecule is Brc1nn(C2COC2)nc1Br. The topological polar surface area (TPSA) is 39.9 Å². The van der Waals surface area contributed by atoms with Crippen LogP contribution in [0.3, 0.4) is 0 Å². The number of hydrogen-bond acceptors (Lipinski definition) is 3. The van der Waals surface area contributed by atoms with Crippen molar-refractivity contribution in [2.75, 3.05) is 13.2 Å². The van der Waals surface area contributed by atoms with E-state index < -0.39 is 0 Å². The molecule has 0 unspecified atom stereocenters. The van der Waals surface area contributed by atoms with Crippen LogP contribution in [-0.4, -0.2) is 28.2 Å². The Morgan fingerprint density at radius 2 is 1.82 bits per heavy atom. The van der Waals surface area contributed by atoms with Gasteiger partial charge < -0.3 is 4.74 Å². The third kappa shape index (κ3) is 1.34. The molecule has 11 heavy (non-hydrogen) atoms. The number of aromatic nitrogens is 3. The summed E-state index contributed by atoms with van der Waals surface area (Å²) in [6.45, 7) is 1.43. The minimum Gasteiger partial charge on any atom is -0.377 e. The van der Waals surface area contributed by atoms with E-state index in [4.69, 9.17) is 4.74 Å². The van der Waals surface area contributed by atoms with Crippen LogP contribution in [0.1, 0.15) is 6.04 Å². The van der Waals surface area contributed by atoms with Crippen LogP contribution in [0.2, 0.25) is 0 Å². The first-order chi connectivity index (χ1) is 5.27. The van der Waals surface area contributed by atoms with Gasteiger partial charge in [0.1, 0.15) is 6.04 Å². The van der Waals surface area contributed by atoms with Crippen molar-refractivity contribution in [2.45, 2.75) is 6.04 Å². The number of nitrogens with zero attached hydrogens (tertiary/aromatic N) is 3. The van der Waals surface area contributed by atoms with Crippen molar-refractivity contribution in [2.24, 2.45) is 0 Å². The summed E-state index contributed by atoms with van der Waals surface area (Å²) in [5.41, 5.74) is 0. The van der Waals surface area contributed by atoms with Crippen molar-refractivity contribution in [3.8, 4) is 0 Å². The van der Waals surface area contributed by atoms with Gasteiger partial charge in [-0.1, -0.05) is 0 Å². The maximum Gasteiger partial charge on any atom is 0.162 e. The molecule has 4 nitrogen and oxygen atoms in total. The summed E-state index contributed by atoms with van der Waals surface area (Å²) in [6.07, 6.45) is 0. The smallest absolute Gasteiger partial charge is 0.162 e. The quantitative estimate of drug-likeness (QED) is 0.781. The molecule has 0 atom stereocenters. The number of rotatable bonds is 1. The second-order valence-corrected chi connectivity index (χ2v) is 3.80. The Labute approximate surface area is 80.2 Å². The van der Waals surface area contributed by atoms with Crippen molar-refractivity contribution in [1.29, 1.82) is 0 Å². The van der Waals surface area contributed by atoms with Crippen LogP contribution in [0.25, 0.3) is 0 Å². The van der Waals surface area contributed by atoms with Crippen LogP contribution < -0.4 is 0 Å². The summed E-state index contributed by atoms with van der Waals surface area (Å²) < 4.78 is 6.49. The summed E-state index contributed by atoms with van der Waals surface area (Å²) in [5.74, 6) is 0. The number of hydrogen-bond donors (Lipinski definition) is 0. The number of halogens is 2. The molecule has 1 aliphatic heterocycles. The second kappa shape index (κ2) is 2.84. The van der Waals surface area contributed by atoms with Gasteiger partial charge in [0.2, 0.25) is 0 Å². The lowest BCUT2D eigenvalue weighted by Crippen LogP contribution is -2.32. The van der Waals surface area contributed by atoms with Crippen LogP contribution in [0.15, 0.2) is 9.21 Å². The van der Waals surface area contributed by atoms with Gasteiger partial charge in [0.15, 0.2) is 9.21 Å². The summed E-state index contributed by atoms with van der Waals surface area (Å²) in [4.78, 5) is 1.66. The van der Waals surface area contributed by atoms with Crippen LogP contribution in [0.5, 0.6) is 0 Å². The molecule has 6 heteroatoms. The molecule has 1 aliphatic rings. The van der Waals surface area contributed by atoms with Gasteiger partial charge in [-0.25, -0.2) is 0 Å². The zero-order chi connectivity index (χ0) is 7.84.